The van der Waals surface area contributed by atoms with Gasteiger partial charge in [0.25, 0.3) is 0 Å². The summed E-state index contributed by atoms with van der Waals surface area (Å²) < 4.78 is 10.6. The molecule has 0 saturated carbocycles. The Balaban J connectivity index is 1.52. The summed E-state index contributed by atoms with van der Waals surface area (Å²) in [4.78, 5) is 38.8. The van der Waals surface area contributed by atoms with E-state index in [2.05, 4.69) is 5.32 Å². The Labute approximate surface area is 176 Å². The van der Waals surface area contributed by atoms with Crippen LogP contribution < -0.4 is 15.7 Å². The molecule has 1 aliphatic heterocycles. The molecule has 1 saturated heterocycles. The molecule has 0 bridgehead atoms. The number of rotatable bonds is 7. The Morgan fingerprint density at radius 1 is 1.13 bits per heavy atom. The first-order valence-electron chi connectivity index (χ1n) is 10.6. The molecule has 0 atom stereocenters. The lowest BCUT2D eigenvalue weighted by atomic mass is 10.0. The van der Waals surface area contributed by atoms with Crippen molar-refractivity contribution in [3.63, 3.8) is 0 Å². The lowest BCUT2D eigenvalue weighted by Gasteiger charge is -2.20. The summed E-state index contributed by atoms with van der Waals surface area (Å²) in [6.07, 6.45) is 5.24. The number of carbonyl (C=O) groups excluding carboxylic acids is 2. The summed E-state index contributed by atoms with van der Waals surface area (Å²) in [5, 5.41) is 3.62. The van der Waals surface area contributed by atoms with Crippen molar-refractivity contribution in [2.45, 2.75) is 51.9 Å². The van der Waals surface area contributed by atoms with Crippen LogP contribution in [0.5, 0.6) is 5.75 Å². The van der Waals surface area contributed by atoms with E-state index in [1.54, 1.807) is 13.2 Å². The first-order valence-corrected chi connectivity index (χ1v) is 10.6. The minimum absolute atomic E-state index is 0.0960. The summed E-state index contributed by atoms with van der Waals surface area (Å²) in [6, 6.07) is 5.35. The molecule has 7 heteroatoms. The molecular weight excluding hydrogens is 384 g/mol. The first-order chi connectivity index (χ1) is 14.5. The fourth-order valence-corrected chi connectivity index (χ4v) is 3.90. The molecule has 30 heavy (non-hydrogen) atoms. The lowest BCUT2D eigenvalue weighted by Crippen LogP contribution is -2.35. The van der Waals surface area contributed by atoms with E-state index in [-0.39, 0.29) is 18.2 Å². The largest absolute Gasteiger partial charge is 0.497 e. The van der Waals surface area contributed by atoms with Crippen LogP contribution >= 0.6 is 0 Å². The van der Waals surface area contributed by atoms with Gasteiger partial charge in [-0.15, -0.1) is 0 Å². The molecule has 0 radical (unpaired) electrons. The van der Waals surface area contributed by atoms with Crippen molar-refractivity contribution in [1.29, 1.82) is 0 Å². The minimum atomic E-state index is -0.433. The predicted octanol–water partition coefficient (Wildman–Crippen LogP) is 2.95. The Morgan fingerprint density at radius 2 is 1.87 bits per heavy atom. The smallest absolute Gasteiger partial charge is 0.339 e. The molecule has 0 spiro atoms. The van der Waals surface area contributed by atoms with Crippen LogP contribution in [0.1, 0.15) is 49.7 Å². The van der Waals surface area contributed by atoms with Crippen LogP contribution in [-0.4, -0.2) is 43.5 Å². The van der Waals surface area contributed by atoms with Gasteiger partial charge in [0.05, 0.1) is 7.11 Å². The molecule has 0 aliphatic carbocycles. The van der Waals surface area contributed by atoms with Gasteiger partial charge < -0.3 is 19.4 Å². The molecule has 2 aromatic rings. The normalized spacial score (nSPS) is 14.4. The maximum atomic E-state index is 12.4. The number of benzene rings is 1. The van der Waals surface area contributed by atoms with Gasteiger partial charge >= 0.3 is 5.63 Å². The number of nitrogens with zero attached hydrogens (tertiary/aromatic N) is 1. The highest BCUT2D eigenvalue weighted by molar-refractivity contribution is 5.83. The summed E-state index contributed by atoms with van der Waals surface area (Å²) in [5.74, 6) is 0.540. The number of amides is 2. The summed E-state index contributed by atoms with van der Waals surface area (Å²) in [7, 11) is 1.56. The molecule has 0 unspecified atom stereocenters. The van der Waals surface area contributed by atoms with Crippen LogP contribution in [0.4, 0.5) is 0 Å². The van der Waals surface area contributed by atoms with Crippen molar-refractivity contribution in [1.82, 2.24) is 10.2 Å². The molecule has 1 aliphatic rings. The van der Waals surface area contributed by atoms with Gasteiger partial charge in [0.1, 0.15) is 11.3 Å². The zero-order chi connectivity index (χ0) is 21.5. The second-order valence-electron chi connectivity index (χ2n) is 7.75. The molecule has 162 valence electrons. The third-order valence-corrected chi connectivity index (χ3v) is 5.72. The van der Waals surface area contributed by atoms with Gasteiger partial charge in [0.2, 0.25) is 11.8 Å². The van der Waals surface area contributed by atoms with Crippen molar-refractivity contribution >= 4 is 22.8 Å². The number of fused-ring (bicyclic) bond motifs is 1. The number of carbonyl (C=O) groups is 2. The van der Waals surface area contributed by atoms with Crippen LogP contribution in [0.2, 0.25) is 0 Å². The van der Waals surface area contributed by atoms with E-state index in [9.17, 15) is 14.4 Å². The lowest BCUT2D eigenvalue weighted by molar-refractivity contribution is -0.131. The van der Waals surface area contributed by atoms with Crippen molar-refractivity contribution in [2.24, 2.45) is 0 Å². The van der Waals surface area contributed by atoms with Crippen LogP contribution in [0, 0.1) is 6.92 Å². The third-order valence-electron chi connectivity index (χ3n) is 5.72. The van der Waals surface area contributed by atoms with Gasteiger partial charge in [-0.3, -0.25) is 9.59 Å². The van der Waals surface area contributed by atoms with Gasteiger partial charge in [-0.1, -0.05) is 12.8 Å². The molecule has 7 nitrogen and oxygen atoms in total. The minimum Gasteiger partial charge on any atom is -0.497 e. The van der Waals surface area contributed by atoms with Gasteiger partial charge in [0.15, 0.2) is 0 Å². The number of ether oxygens (including phenoxy) is 1. The average molecular weight is 415 g/mol. The van der Waals surface area contributed by atoms with Crippen molar-refractivity contribution < 1.29 is 18.7 Å². The van der Waals surface area contributed by atoms with Gasteiger partial charge in [-0.05, 0) is 43.9 Å². The summed E-state index contributed by atoms with van der Waals surface area (Å²) in [5.41, 5.74) is 1.35. The van der Waals surface area contributed by atoms with Crippen LogP contribution in [0.25, 0.3) is 11.0 Å². The van der Waals surface area contributed by atoms with Gasteiger partial charge in [0, 0.05) is 49.5 Å². The van der Waals surface area contributed by atoms with Crippen LogP contribution in [0.15, 0.2) is 27.4 Å². The standard InChI is InChI=1S/C23H30N2O5/c1-16-18-8-7-17(29-2)15-20(18)30-23(28)19(16)9-10-21(26)24-12-11-22(27)25-13-5-3-4-6-14-25/h7-8,15H,3-6,9-14H2,1-2H3,(H,24,26). The zero-order valence-electron chi connectivity index (χ0n) is 17.8. The van der Waals surface area contributed by atoms with Gasteiger partial charge in [-0.2, -0.15) is 0 Å². The Morgan fingerprint density at radius 3 is 2.57 bits per heavy atom. The number of hydrogen-bond donors (Lipinski definition) is 1. The zero-order valence-corrected chi connectivity index (χ0v) is 17.8. The number of hydrogen-bond acceptors (Lipinski definition) is 5. The highest BCUT2D eigenvalue weighted by Crippen LogP contribution is 2.24. The van der Waals surface area contributed by atoms with E-state index in [1.807, 2.05) is 24.0 Å². The topological polar surface area (TPSA) is 88.9 Å². The molecule has 2 heterocycles. The fraction of sp³-hybridized carbons (Fsp3) is 0.522. The maximum Gasteiger partial charge on any atom is 0.339 e. The quantitative estimate of drug-likeness (QED) is 0.704. The second-order valence-corrected chi connectivity index (χ2v) is 7.75. The van der Waals surface area contributed by atoms with E-state index >= 15 is 0 Å². The Hall–Kier alpha value is -2.83. The van der Waals surface area contributed by atoms with Crippen LogP contribution in [0.3, 0.4) is 0 Å². The van der Waals surface area contributed by atoms with E-state index in [0.717, 1.165) is 36.9 Å². The number of nitrogens with one attached hydrogen (secondary N) is 1. The molecule has 1 N–H and O–H groups in total. The number of likely N-dealkylation sites (tertiary alicyclic amines) is 1. The molecule has 2 amide bonds. The highest BCUT2D eigenvalue weighted by atomic mass is 16.5. The monoisotopic (exact) mass is 414 g/mol. The van der Waals surface area contributed by atoms with Crippen molar-refractivity contribution in [2.75, 3.05) is 26.7 Å². The Kier molecular flexibility index (Phi) is 7.49. The molecule has 3 rings (SSSR count). The van der Waals surface area contributed by atoms with Gasteiger partial charge in [-0.25, -0.2) is 4.79 Å². The third kappa shape index (κ3) is 5.40. The fourth-order valence-electron chi connectivity index (χ4n) is 3.90. The van der Waals surface area contributed by atoms with Crippen LogP contribution in [-0.2, 0) is 16.0 Å². The van der Waals surface area contributed by atoms with E-state index in [1.165, 1.54) is 12.8 Å². The Bertz CT molecular complexity index is 958. The number of aryl methyl sites for hydroxylation is 1. The van der Waals surface area contributed by atoms with Crippen molar-refractivity contribution in [3.05, 3.63) is 39.7 Å². The summed E-state index contributed by atoms with van der Waals surface area (Å²) in [6.45, 7) is 3.81. The van der Waals surface area contributed by atoms with E-state index in [0.29, 0.717) is 36.3 Å². The summed E-state index contributed by atoms with van der Waals surface area (Å²) >= 11 is 0. The maximum absolute atomic E-state index is 12.4. The predicted molar refractivity (Wildman–Crippen MR) is 115 cm³/mol. The molecule has 1 aromatic carbocycles. The average Bonchev–Trinajstić information content (AvgIpc) is 3.02. The second kappa shape index (κ2) is 10.3. The SMILES string of the molecule is COc1ccc2c(C)c(CCC(=O)NCCC(=O)N3CCCCCC3)c(=O)oc2c1. The molecule has 1 aromatic heterocycles. The highest BCUT2D eigenvalue weighted by Gasteiger charge is 2.16. The van der Waals surface area contributed by atoms with E-state index in [4.69, 9.17) is 9.15 Å². The molecular formula is C23H30N2O5. The van der Waals surface area contributed by atoms with E-state index < -0.39 is 5.63 Å². The molecule has 1 fully saturated rings. The van der Waals surface area contributed by atoms with Crippen molar-refractivity contribution in [3.8, 4) is 5.75 Å². The number of methoxy groups -OCH3 is 1. The first kappa shape index (κ1) is 21.9.